The van der Waals surface area contributed by atoms with E-state index in [4.69, 9.17) is 0 Å². The number of nitrogens with one attached hydrogen (secondary N) is 1. The molecule has 2 nitrogen and oxygen atoms in total. The first-order valence-electron chi connectivity index (χ1n) is 7.62. The number of rotatable bonds is 5. The van der Waals surface area contributed by atoms with E-state index >= 15 is 0 Å². The van der Waals surface area contributed by atoms with Gasteiger partial charge in [0.1, 0.15) is 5.82 Å². The van der Waals surface area contributed by atoms with Crippen LogP contribution < -0.4 is 5.32 Å². The summed E-state index contributed by atoms with van der Waals surface area (Å²) >= 11 is 0. The number of pyridine rings is 1. The Bertz CT molecular complexity index is 435. The lowest BCUT2D eigenvalue weighted by molar-refractivity contribution is 0.246. The van der Waals surface area contributed by atoms with Gasteiger partial charge in [-0.15, -0.1) is 0 Å². The van der Waals surface area contributed by atoms with E-state index in [2.05, 4.69) is 17.2 Å². The van der Waals surface area contributed by atoms with Crippen molar-refractivity contribution in [1.29, 1.82) is 0 Å². The van der Waals surface area contributed by atoms with Crippen LogP contribution in [0.2, 0.25) is 0 Å². The van der Waals surface area contributed by atoms with E-state index in [0.29, 0.717) is 5.92 Å². The molecule has 0 aromatic carbocycles. The standard InChI is InChI=1S/C16H23FN2/c1-2-6-19-16(13-5-7-18-10-15(13)17)14-9-11-3-4-12(14)8-11/h5,7,10-12,14,16,19H,2-4,6,8-9H2,1H3. The zero-order valence-corrected chi connectivity index (χ0v) is 11.6. The minimum absolute atomic E-state index is 0.154. The van der Waals surface area contributed by atoms with E-state index in [1.807, 2.05) is 6.07 Å². The third-order valence-corrected chi connectivity index (χ3v) is 4.97. The highest BCUT2D eigenvalue weighted by atomic mass is 19.1. The van der Waals surface area contributed by atoms with Gasteiger partial charge in [0, 0.05) is 17.8 Å². The van der Waals surface area contributed by atoms with Crippen molar-refractivity contribution in [3.63, 3.8) is 0 Å². The van der Waals surface area contributed by atoms with Crippen LogP contribution in [0.15, 0.2) is 18.5 Å². The summed E-state index contributed by atoms with van der Waals surface area (Å²) < 4.78 is 14.1. The molecule has 0 aliphatic heterocycles. The van der Waals surface area contributed by atoms with Crippen molar-refractivity contribution >= 4 is 0 Å². The van der Waals surface area contributed by atoms with E-state index in [1.54, 1.807) is 6.20 Å². The summed E-state index contributed by atoms with van der Waals surface area (Å²) in [6.45, 7) is 3.12. The van der Waals surface area contributed by atoms with Crippen molar-refractivity contribution < 1.29 is 4.39 Å². The highest BCUT2D eigenvalue weighted by molar-refractivity contribution is 5.20. The SMILES string of the molecule is CCCNC(c1ccncc1F)C1CC2CCC1C2. The van der Waals surface area contributed by atoms with Gasteiger partial charge in [-0.2, -0.15) is 0 Å². The fraction of sp³-hybridized carbons (Fsp3) is 0.688. The predicted octanol–water partition coefficient (Wildman–Crippen LogP) is 3.70. The highest BCUT2D eigenvalue weighted by Crippen LogP contribution is 2.52. The van der Waals surface area contributed by atoms with E-state index in [-0.39, 0.29) is 11.9 Å². The molecule has 2 saturated carbocycles. The normalized spacial score (nSPS) is 30.7. The molecule has 104 valence electrons. The molecule has 1 aromatic heterocycles. The zero-order valence-electron chi connectivity index (χ0n) is 11.6. The molecule has 0 spiro atoms. The van der Waals surface area contributed by atoms with Gasteiger partial charge in [-0.3, -0.25) is 4.98 Å². The number of halogens is 1. The van der Waals surface area contributed by atoms with Gasteiger partial charge in [0.05, 0.1) is 6.20 Å². The van der Waals surface area contributed by atoms with Gasteiger partial charge in [-0.1, -0.05) is 13.3 Å². The first-order valence-corrected chi connectivity index (χ1v) is 7.62. The Labute approximate surface area is 114 Å². The van der Waals surface area contributed by atoms with Crippen LogP contribution >= 0.6 is 0 Å². The fourth-order valence-electron chi connectivity index (χ4n) is 4.13. The second kappa shape index (κ2) is 5.58. The molecule has 2 aliphatic rings. The van der Waals surface area contributed by atoms with Crippen LogP contribution in [0.1, 0.15) is 50.6 Å². The average Bonchev–Trinajstić information content (AvgIpc) is 3.04. The van der Waals surface area contributed by atoms with E-state index < -0.39 is 0 Å². The highest BCUT2D eigenvalue weighted by Gasteiger charge is 2.43. The Morgan fingerprint density at radius 3 is 2.95 bits per heavy atom. The molecular weight excluding hydrogens is 239 g/mol. The van der Waals surface area contributed by atoms with Gasteiger partial charge in [-0.25, -0.2) is 4.39 Å². The molecule has 0 radical (unpaired) electrons. The molecule has 0 saturated heterocycles. The van der Waals surface area contributed by atoms with Crippen molar-refractivity contribution in [1.82, 2.24) is 10.3 Å². The number of hydrogen-bond donors (Lipinski definition) is 1. The monoisotopic (exact) mass is 262 g/mol. The Hall–Kier alpha value is -0.960. The largest absolute Gasteiger partial charge is 0.310 e. The van der Waals surface area contributed by atoms with Gasteiger partial charge in [0.25, 0.3) is 0 Å². The van der Waals surface area contributed by atoms with E-state index in [9.17, 15) is 4.39 Å². The van der Waals surface area contributed by atoms with Crippen LogP contribution in [0.5, 0.6) is 0 Å². The summed E-state index contributed by atoms with van der Waals surface area (Å²) in [5.41, 5.74) is 0.820. The Kier molecular flexibility index (Phi) is 3.83. The molecule has 1 N–H and O–H groups in total. The smallest absolute Gasteiger partial charge is 0.146 e. The van der Waals surface area contributed by atoms with Crippen molar-refractivity contribution in [3.8, 4) is 0 Å². The number of fused-ring (bicyclic) bond motifs is 2. The lowest BCUT2D eigenvalue weighted by atomic mass is 9.80. The maximum Gasteiger partial charge on any atom is 0.146 e. The molecule has 19 heavy (non-hydrogen) atoms. The Balaban J connectivity index is 1.83. The summed E-state index contributed by atoms with van der Waals surface area (Å²) in [4.78, 5) is 3.88. The third kappa shape index (κ3) is 2.53. The summed E-state index contributed by atoms with van der Waals surface area (Å²) in [5.74, 6) is 2.15. The molecule has 2 fully saturated rings. The molecule has 0 amide bonds. The minimum Gasteiger partial charge on any atom is -0.310 e. The quantitative estimate of drug-likeness (QED) is 0.875. The molecular formula is C16H23FN2. The molecule has 1 aromatic rings. The number of hydrogen-bond acceptors (Lipinski definition) is 2. The minimum atomic E-state index is -0.154. The topological polar surface area (TPSA) is 24.9 Å². The molecule has 4 atom stereocenters. The van der Waals surface area contributed by atoms with E-state index in [1.165, 1.54) is 31.9 Å². The van der Waals surface area contributed by atoms with Crippen LogP contribution in [0.25, 0.3) is 0 Å². The first kappa shape index (κ1) is 13.0. The lowest BCUT2D eigenvalue weighted by Gasteiger charge is -2.32. The van der Waals surface area contributed by atoms with Crippen LogP contribution in [0.3, 0.4) is 0 Å². The van der Waals surface area contributed by atoms with Gasteiger partial charge in [0.2, 0.25) is 0 Å². The van der Waals surface area contributed by atoms with Crippen molar-refractivity contribution in [3.05, 3.63) is 29.8 Å². The second-order valence-corrected chi connectivity index (χ2v) is 6.17. The Morgan fingerprint density at radius 1 is 1.42 bits per heavy atom. The molecule has 2 bridgehead atoms. The van der Waals surface area contributed by atoms with Gasteiger partial charge in [0.15, 0.2) is 0 Å². The zero-order chi connectivity index (χ0) is 13.2. The van der Waals surface area contributed by atoms with E-state index in [0.717, 1.165) is 30.4 Å². The molecule has 3 rings (SSSR count). The van der Waals surface area contributed by atoms with Gasteiger partial charge < -0.3 is 5.32 Å². The summed E-state index contributed by atoms with van der Waals surface area (Å²) in [6.07, 6.45) is 9.52. The van der Waals surface area contributed by atoms with Crippen molar-refractivity contribution in [2.24, 2.45) is 17.8 Å². The van der Waals surface area contributed by atoms with Gasteiger partial charge in [-0.05, 0) is 56.0 Å². The second-order valence-electron chi connectivity index (χ2n) is 6.17. The van der Waals surface area contributed by atoms with Gasteiger partial charge >= 0.3 is 0 Å². The molecule has 3 heteroatoms. The average molecular weight is 262 g/mol. The van der Waals surface area contributed by atoms with Crippen molar-refractivity contribution in [2.45, 2.75) is 45.1 Å². The summed E-state index contributed by atoms with van der Waals surface area (Å²) in [7, 11) is 0. The summed E-state index contributed by atoms with van der Waals surface area (Å²) in [5, 5.41) is 3.59. The lowest BCUT2D eigenvalue weighted by Crippen LogP contribution is -2.32. The van der Waals surface area contributed by atoms with Crippen molar-refractivity contribution in [2.75, 3.05) is 6.54 Å². The molecule has 1 heterocycles. The maximum atomic E-state index is 14.1. The molecule has 2 aliphatic carbocycles. The first-order chi connectivity index (χ1) is 9.29. The summed E-state index contributed by atoms with van der Waals surface area (Å²) in [6, 6.07) is 2.03. The Morgan fingerprint density at radius 2 is 2.32 bits per heavy atom. The predicted molar refractivity (Wildman–Crippen MR) is 74.2 cm³/mol. The van der Waals surface area contributed by atoms with Crippen LogP contribution in [0, 0.1) is 23.6 Å². The maximum absolute atomic E-state index is 14.1. The van der Waals surface area contributed by atoms with Crippen LogP contribution in [-0.2, 0) is 0 Å². The van der Waals surface area contributed by atoms with Crippen LogP contribution in [-0.4, -0.2) is 11.5 Å². The van der Waals surface area contributed by atoms with Crippen LogP contribution in [0.4, 0.5) is 4.39 Å². The molecule has 4 unspecified atom stereocenters. The fourth-order valence-corrected chi connectivity index (χ4v) is 4.13. The third-order valence-electron chi connectivity index (χ3n) is 4.97. The number of nitrogens with zero attached hydrogens (tertiary/aromatic N) is 1. The number of aromatic nitrogens is 1.